The van der Waals surface area contributed by atoms with Gasteiger partial charge >= 0.3 is 0 Å². The Balaban J connectivity index is 2.18. The number of nitrogen functional groups attached to an aromatic ring is 1. The summed E-state index contributed by atoms with van der Waals surface area (Å²) >= 11 is 0. The highest BCUT2D eigenvalue weighted by molar-refractivity contribution is 5.50. The van der Waals surface area contributed by atoms with Crippen molar-refractivity contribution in [3.05, 3.63) is 18.7 Å². The Bertz CT molecular complexity index is 435. The van der Waals surface area contributed by atoms with Gasteiger partial charge in [-0.05, 0) is 0 Å². The Labute approximate surface area is 80.0 Å². The van der Waals surface area contributed by atoms with Crippen LogP contribution >= 0.6 is 0 Å². The molecule has 0 radical (unpaired) electrons. The molecule has 0 aliphatic carbocycles. The Hall–Kier alpha value is -2.18. The number of rotatable bonds is 2. The van der Waals surface area contributed by atoms with Crippen LogP contribution in [0.3, 0.4) is 0 Å². The quantitative estimate of drug-likeness (QED) is 0.690. The number of anilines is 3. The molecule has 0 aliphatic rings. The third-order valence-corrected chi connectivity index (χ3v) is 1.55. The van der Waals surface area contributed by atoms with E-state index < -0.39 is 0 Å². The molecular formula is C7H9N7. The molecule has 2 aromatic rings. The lowest BCUT2D eigenvalue weighted by Gasteiger charge is -1.99. The maximum Gasteiger partial charge on any atom is 0.232 e. The van der Waals surface area contributed by atoms with Gasteiger partial charge in [0, 0.05) is 13.2 Å². The molecule has 7 nitrogen and oxygen atoms in total. The van der Waals surface area contributed by atoms with Gasteiger partial charge in [-0.1, -0.05) is 0 Å². The molecule has 2 aromatic heterocycles. The van der Waals surface area contributed by atoms with Gasteiger partial charge in [-0.3, -0.25) is 4.68 Å². The summed E-state index contributed by atoms with van der Waals surface area (Å²) in [5.41, 5.74) is 6.20. The van der Waals surface area contributed by atoms with E-state index in [0.717, 1.165) is 5.69 Å². The number of hydrogen-bond acceptors (Lipinski definition) is 6. The van der Waals surface area contributed by atoms with Gasteiger partial charge in [-0.15, -0.1) is 0 Å². The number of aromatic nitrogens is 5. The molecular weight excluding hydrogens is 182 g/mol. The molecule has 2 heterocycles. The summed E-state index contributed by atoms with van der Waals surface area (Å²) in [6.07, 6.45) is 4.82. The molecule has 0 saturated carbocycles. The van der Waals surface area contributed by atoms with Gasteiger partial charge in [0.05, 0.1) is 11.9 Å². The van der Waals surface area contributed by atoms with Crippen LogP contribution in [0.5, 0.6) is 0 Å². The summed E-state index contributed by atoms with van der Waals surface area (Å²) in [5, 5.41) is 6.93. The summed E-state index contributed by atoms with van der Waals surface area (Å²) in [7, 11) is 1.83. The Morgan fingerprint density at radius 2 is 2.29 bits per heavy atom. The predicted molar refractivity (Wildman–Crippen MR) is 50.7 cm³/mol. The van der Waals surface area contributed by atoms with E-state index in [2.05, 4.69) is 25.4 Å². The van der Waals surface area contributed by atoms with Gasteiger partial charge in [-0.25, -0.2) is 9.97 Å². The minimum absolute atomic E-state index is 0.186. The van der Waals surface area contributed by atoms with Gasteiger partial charge in [0.15, 0.2) is 0 Å². The van der Waals surface area contributed by atoms with Crippen molar-refractivity contribution in [2.75, 3.05) is 11.1 Å². The first-order chi connectivity index (χ1) is 6.74. The molecule has 0 saturated heterocycles. The lowest BCUT2D eigenvalue weighted by atomic mass is 10.6. The van der Waals surface area contributed by atoms with Crippen LogP contribution < -0.4 is 11.1 Å². The monoisotopic (exact) mass is 191 g/mol. The third-order valence-electron chi connectivity index (χ3n) is 1.55. The first kappa shape index (κ1) is 8.42. The van der Waals surface area contributed by atoms with Crippen molar-refractivity contribution in [2.24, 2.45) is 7.05 Å². The molecule has 0 atom stereocenters. The first-order valence-corrected chi connectivity index (χ1v) is 3.94. The number of hydrogen-bond donors (Lipinski definition) is 2. The van der Waals surface area contributed by atoms with Gasteiger partial charge in [-0.2, -0.15) is 10.1 Å². The molecule has 0 amide bonds. The van der Waals surface area contributed by atoms with Crippen molar-refractivity contribution in [2.45, 2.75) is 0 Å². The standard InChI is InChI=1S/C7H9N7/c1-14-3-5(2-11-14)12-7-10-4-9-6(8)13-7/h2-4H,1H3,(H3,8,9,10,12,13). The van der Waals surface area contributed by atoms with Crippen molar-refractivity contribution in [3.63, 3.8) is 0 Å². The second-order valence-electron chi connectivity index (χ2n) is 2.69. The van der Waals surface area contributed by atoms with E-state index in [0.29, 0.717) is 5.95 Å². The Kier molecular flexibility index (Phi) is 1.98. The predicted octanol–water partition coefficient (Wildman–Crippen LogP) is -0.0691. The molecule has 0 bridgehead atoms. The van der Waals surface area contributed by atoms with Crippen LogP contribution in [-0.4, -0.2) is 24.7 Å². The normalized spacial score (nSPS) is 10.1. The van der Waals surface area contributed by atoms with Crippen LogP contribution in [0.1, 0.15) is 0 Å². The highest BCUT2D eigenvalue weighted by atomic mass is 15.3. The topological polar surface area (TPSA) is 94.5 Å². The van der Waals surface area contributed by atoms with Crippen LogP contribution in [-0.2, 0) is 7.05 Å². The largest absolute Gasteiger partial charge is 0.368 e. The lowest BCUT2D eigenvalue weighted by Crippen LogP contribution is -2.01. The van der Waals surface area contributed by atoms with E-state index in [1.165, 1.54) is 6.33 Å². The second-order valence-corrected chi connectivity index (χ2v) is 2.69. The maximum atomic E-state index is 5.39. The van der Waals surface area contributed by atoms with E-state index in [4.69, 9.17) is 5.73 Å². The number of nitrogens with one attached hydrogen (secondary N) is 1. The summed E-state index contributed by atoms with van der Waals surface area (Å²) in [5.74, 6) is 0.594. The van der Waals surface area contributed by atoms with E-state index in [9.17, 15) is 0 Å². The molecule has 3 N–H and O–H groups in total. The summed E-state index contributed by atoms with van der Waals surface area (Å²) in [6, 6.07) is 0. The van der Waals surface area contributed by atoms with Crippen molar-refractivity contribution >= 4 is 17.6 Å². The molecule has 0 spiro atoms. The average molecular weight is 191 g/mol. The molecule has 14 heavy (non-hydrogen) atoms. The highest BCUT2D eigenvalue weighted by Crippen LogP contribution is 2.09. The fourth-order valence-corrected chi connectivity index (χ4v) is 0.984. The molecule has 72 valence electrons. The van der Waals surface area contributed by atoms with Gasteiger partial charge in [0.1, 0.15) is 6.33 Å². The van der Waals surface area contributed by atoms with Crippen LogP contribution in [0, 0.1) is 0 Å². The van der Waals surface area contributed by atoms with Gasteiger partial charge < -0.3 is 11.1 Å². The lowest BCUT2D eigenvalue weighted by molar-refractivity contribution is 0.768. The van der Waals surface area contributed by atoms with E-state index in [-0.39, 0.29) is 5.95 Å². The zero-order chi connectivity index (χ0) is 9.97. The highest BCUT2D eigenvalue weighted by Gasteiger charge is 1.99. The van der Waals surface area contributed by atoms with Crippen LogP contribution in [0.2, 0.25) is 0 Å². The van der Waals surface area contributed by atoms with Crippen molar-refractivity contribution < 1.29 is 0 Å². The van der Waals surface area contributed by atoms with Gasteiger partial charge in [0.2, 0.25) is 11.9 Å². The van der Waals surface area contributed by atoms with Crippen molar-refractivity contribution in [1.29, 1.82) is 0 Å². The number of nitrogens with zero attached hydrogens (tertiary/aromatic N) is 5. The fraction of sp³-hybridized carbons (Fsp3) is 0.143. The molecule has 0 aromatic carbocycles. The summed E-state index contributed by atoms with van der Waals surface area (Å²) < 4.78 is 1.67. The third kappa shape index (κ3) is 1.76. The SMILES string of the molecule is Cn1cc(Nc2ncnc(N)n2)cn1. The van der Waals surface area contributed by atoms with Crippen molar-refractivity contribution in [1.82, 2.24) is 24.7 Å². The maximum absolute atomic E-state index is 5.39. The summed E-state index contributed by atoms with van der Waals surface area (Å²) in [6.45, 7) is 0. The molecule has 0 aliphatic heterocycles. The zero-order valence-electron chi connectivity index (χ0n) is 7.55. The average Bonchev–Trinajstić information content (AvgIpc) is 2.51. The Morgan fingerprint density at radius 1 is 1.43 bits per heavy atom. The Morgan fingerprint density at radius 3 is 2.93 bits per heavy atom. The molecule has 7 heteroatoms. The number of nitrogens with two attached hydrogens (primary N) is 1. The molecule has 2 rings (SSSR count). The second kappa shape index (κ2) is 3.29. The molecule has 0 fully saturated rings. The summed E-state index contributed by atoms with van der Waals surface area (Å²) in [4.78, 5) is 11.5. The zero-order valence-corrected chi connectivity index (χ0v) is 7.55. The van der Waals surface area contributed by atoms with E-state index in [1.807, 2.05) is 7.05 Å². The first-order valence-electron chi connectivity index (χ1n) is 3.94. The smallest absolute Gasteiger partial charge is 0.232 e. The minimum Gasteiger partial charge on any atom is -0.368 e. The number of aryl methyl sites for hydroxylation is 1. The van der Waals surface area contributed by atoms with Crippen LogP contribution in [0.25, 0.3) is 0 Å². The van der Waals surface area contributed by atoms with E-state index in [1.54, 1.807) is 17.1 Å². The minimum atomic E-state index is 0.186. The van der Waals surface area contributed by atoms with E-state index >= 15 is 0 Å². The van der Waals surface area contributed by atoms with Crippen LogP contribution in [0.4, 0.5) is 17.6 Å². The van der Waals surface area contributed by atoms with Crippen molar-refractivity contribution in [3.8, 4) is 0 Å². The fourth-order valence-electron chi connectivity index (χ4n) is 0.984. The van der Waals surface area contributed by atoms with Crippen LogP contribution in [0.15, 0.2) is 18.7 Å². The molecule has 0 unspecified atom stereocenters. The van der Waals surface area contributed by atoms with Gasteiger partial charge in [0.25, 0.3) is 0 Å².